The summed E-state index contributed by atoms with van der Waals surface area (Å²) in [7, 11) is 0. The van der Waals surface area contributed by atoms with Crippen LogP contribution in [0.5, 0.6) is 11.5 Å². The summed E-state index contributed by atoms with van der Waals surface area (Å²) < 4.78 is 13.0. The summed E-state index contributed by atoms with van der Waals surface area (Å²) in [6.45, 7) is 2.26. The molecule has 0 unspecified atom stereocenters. The number of hydrogen-bond acceptors (Lipinski definition) is 5. The van der Waals surface area contributed by atoms with E-state index in [0.29, 0.717) is 6.04 Å². The van der Waals surface area contributed by atoms with E-state index in [9.17, 15) is 4.79 Å². The number of aromatic nitrogens is 2. The van der Waals surface area contributed by atoms with Gasteiger partial charge in [0.2, 0.25) is 6.79 Å². The second-order valence-electron chi connectivity index (χ2n) is 7.08. The second-order valence-corrected chi connectivity index (χ2v) is 8.38. The van der Waals surface area contributed by atoms with Gasteiger partial charge in [-0.25, -0.2) is 4.99 Å². The Hall–Kier alpha value is -2.15. The molecule has 0 amide bonds. The quantitative estimate of drug-likeness (QED) is 0.855. The van der Waals surface area contributed by atoms with E-state index in [-0.39, 0.29) is 17.6 Å². The van der Waals surface area contributed by atoms with Crippen LogP contribution < -0.4 is 15.0 Å². The lowest BCUT2D eigenvalue weighted by molar-refractivity contribution is 0.174. The largest absolute Gasteiger partial charge is 0.454 e. The van der Waals surface area contributed by atoms with Gasteiger partial charge in [0, 0.05) is 0 Å². The van der Waals surface area contributed by atoms with Crippen molar-refractivity contribution in [2.75, 3.05) is 6.79 Å². The Labute approximate surface area is 155 Å². The molecular formula is C19H21N3O3S. The fraction of sp³-hybridized carbons (Fsp3) is 0.474. The summed E-state index contributed by atoms with van der Waals surface area (Å²) in [5, 5.41) is 3.98. The summed E-state index contributed by atoms with van der Waals surface area (Å²) in [6, 6.07) is 6.27. The van der Waals surface area contributed by atoms with Crippen molar-refractivity contribution in [3.05, 3.63) is 39.7 Å². The van der Waals surface area contributed by atoms with Crippen LogP contribution in [0.1, 0.15) is 61.4 Å². The lowest BCUT2D eigenvalue weighted by Crippen LogP contribution is -2.16. The molecule has 0 radical (unpaired) electrons. The summed E-state index contributed by atoms with van der Waals surface area (Å²) in [4.78, 5) is 17.6. The number of hydrogen-bond donors (Lipinski definition) is 1. The molecule has 1 aromatic carbocycles. The topological polar surface area (TPSA) is 68.6 Å². The number of thioether (sulfide) groups is 1. The average Bonchev–Trinajstić information content (AvgIpc) is 3.25. The van der Waals surface area contributed by atoms with Crippen LogP contribution in [0.15, 0.2) is 28.0 Å². The van der Waals surface area contributed by atoms with Gasteiger partial charge in [0.05, 0.1) is 21.9 Å². The first-order valence-corrected chi connectivity index (χ1v) is 10.0. The number of nitrogens with zero attached hydrogens (tertiary/aromatic N) is 2. The highest BCUT2D eigenvalue weighted by Crippen LogP contribution is 2.47. The number of rotatable bonds is 2. The van der Waals surface area contributed by atoms with Crippen LogP contribution in [-0.2, 0) is 0 Å². The zero-order chi connectivity index (χ0) is 17.7. The average molecular weight is 371 g/mol. The molecule has 0 saturated heterocycles. The van der Waals surface area contributed by atoms with Crippen LogP contribution in [0.25, 0.3) is 0 Å². The van der Waals surface area contributed by atoms with E-state index in [1.54, 1.807) is 11.8 Å². The molecule has 136 valence electrons. The Morgan fingerprint density at radius 3 is 2.85 bits per heavy atom. The lowest BCUT2D eigenvalue weighted by atomic mass is 9.95. The van der Waals surface area contributed by atoms with Crippen LogP contribution in [0.3, 0.4) is 0 Å². The van der Waals surface area contributed by atoms with Crippen molar-refractivity contribution in [1.82, 2.24) is 9.78 Å². The summed E-state index contributed by atoms with van der Waals surface area (Å²) in [5.74, 6) is 2.31. The molecular weight excluding hydrogens is 350 g/mol. The first kappa shape index (κ1) is 16.1. The molecule has 2 aromatic rings. The lowest BCUT2D eigenvalue weighted by Gasteiger charge is -2.26. The highest BCUT2D eigenvalue weighted by molar-refractivity contribution is 8.14. The van der Waals surface area contributed by atoms with E-state index in [4.69, 9.17) is 14.5 Å². The van der Waals surface area contributed by atoms with Gasteiger partial charge in [-0.05, 0) is 37.5 Å². The zero-order valence-electron chi connectivity index (χ0n) is 14.7. The van der Waals surface area contributed by atoms with Crippen LogP contribution in [0.4, 0.5) is 5.82 Å². The summed E-state index contributed by atoms with van der Waals surface area (Å²) in [5.41, 5.74) is 1.77. The van der Waals surface area contributed by atoms with Gasteiger partial charge < -0.3 is 9.47 Å². The van der Waals surface area contributed by atoms with Crippen LogP contribution in [0.2, 0.25) is 0 Å². The van der Waals surface area contributed by atoms with Crippen molar-refractivity contribution in [3.8, 4) is 11.5 Å². The van der Waals surface area contributed by atoms with Gasteiger partial charge in [0.15, 0.2) is 17.3 Å². The molecule has 5 rings (SSSR count). The zero-order valence-corrected chi connectivity index (χ0v) is 15.5. The molecule has 3 aliphatic rings. The first-order valence-electron chi connectivity index (χ1n) is 9.16. The molecule has 1 atom stereocenters. The Morgan fingerprint density at radius 2 is 2.00 bits per heavy atom. The molecule has 0 spiro atoms. The molecule has 1 N–H and O–H groups in total. The van der Waals surface area contributed by atoms with E-state index < -0.39 is 0 Å². The maximum absolute atomic E-state index is 12.8. The van der Waals surface area contributed by atoms with Gasteiger partial charge in [0.1, 0.15) is 0 Å². The molecule has 2 aliphatic heterocycles. The van der Waals surface area contributed by atoms with Crippen molar-refractivity contribution < 1.29 is 9.47 Å². The first-order chi connectivity index (χ1) is 12.7. The Morgan fingerprint density at radius 1 is 1.19 bits per heavy atom. The minimum Gasteiger partial charge on any atom is -0.454 e. The van der Waals surface area contributed by atoms with E-state index in [2.05, 4.69) is 5.10 Å². The van der Waals surface area contributed by atoms with E-state index >= 15 is 0 Å². The maximum atomic E-state index is 12.8. The maximum Gasteiger partial charge on any atom is 0.271 e. The van der Waals surface area contributed by atoms with Crippen molar-refractivity contribution >= 4 is 22.6 Å². The Bertz CT molecular complexity index is 940. The highest BCUT2D eigenvalue weighted by atomic mass is 32.2. The Balaban J connectivity index is 1.60. The predicted molar refractivity (Wildman–Crippen MR) is 102 cm³/mol. The fourth-order valence-electron chi connectivity index (χ4n) is 4.12. The number of benzene rings is 1. The number of nitrogens with one attached hydrogen (secondary N) is 1. The molecule has 7 heteroatoms. The van der Waals surface area contributed by atoms with Crippen LogP contribution in [0, 0.1) is 0 Å². The molecule has 1 aromatic heterocycles. The number of ether oxygens (including phenoxy) is 2. The molecule has 1 saturated carbocycles. The minimum atomic E-state index is -0.0782. The number of aliphatic imine (C=N–C) groups is 1. The SMILES string of the molecule is CC1=Nc2c(c(=O)[nH]n2C2CCCCC2)[C@@H](c2ccc3c(c2)OCO3)S1. The molecule has 6 nitrogen and oxygen atoms in total. The number of fused-ring (bicyclic) bond motifs is 2. The van der Waals surface area contributed by atoms with Crippen molar-refractivity contribution in [3.63, 3.8) is 0 Å². The molecule has 26 heavy (non-hydrogen) atoms. The van der Waals surface area contributed by atoms with E-state index in [1.165, 1.54) is 19.3 Å². The predicted octanol–water partition coefficient (Wildman–Crippen LogP) is 4.30. The summed E-state index contributed by atoms with van der Waals surface area (Å²) in [6.07, 6.45) is 5.91. The third-order valence-electron chi connectivity index (χ3n) is 5.39. The molecule has 1 fully saturated rings. The molecule has 3 heterocycles. The van der Waals surface area contributed by atoms with Gasteiger partial charge in [-0.2, -0.15) is 0 Å². The molecule has 1 aliphatic carbocycles. The van der Waals surface area contributed by atoms with E-state index in [1.807, 2.05) is 29.8 Å². The number of aromatic amines is 1. The van der Waals surface area contributed by atoms with Crippen LogP contribution >= 0.6 is 11.8 Å². The van der Waals surface area contributed by atoms with E-state index in [0.717, 1.165) is 46.3 Å². The number of H-pyrrole nitrogens is 1. The van der Waals surface area contributed by atoms with Crippen molar-refractivity contribution in [2.45, 2.75) is 50.3 Å². The normalized spacial score (nSPS) is 22.2. The summed E-state index contributed by atoms with van der Waals surface area (Å²) >= 11 is 1.62. The van der Waals surface area contributed by atoms with Gasteiger partial charge in [-0.1, -0.05) is 37.1 Å². The van der Waals surface area contributed by atoms with Crippen molar-refractivity contribution in [1.29, 1.82) is 0 Å². The van der Waals surface area contributed by atoms with Gasteiger partial charge in [-0.15, -0.1) is 0 Å². The smallest absolute Gasteiger partial charge is 0.271 e. The Kier molecular flexibility index (Phi) is 3.85. The van der Waals surface area contributed by atoms with Crippen LogP contribution in [-0.4, -0.2) is 21.6 Å². The van der Waals surface area contributed by atoms with Gasteiger partial charge in [0.25, 0.3) is 5.56 Å². The van der Waals surface area contributed by atoms with Crippen molar-refractivity contribution in [2.24, 2.45) is 4.99 Å². The fourth-order valence-corrected chi connectivity index (χ4v) is 5.22. The second kappa shape index (κ2) is 6.23. The van der Waals surface area contributed by atoms with Gasteiger partial charge >= 0.3 is 0 Å². The highest BCUT2D eigenvalue weighted by Gasteiger charge is 2.33. The van der Waals surface area contributed by atoms with Gasteiger partial charge in [-0.3, -0.25) is 14.6 Å². The minimum absolute atomic E-state index is 0.0306. The monoisotopic (exact) mass is 371 g/mol. The molecule has 0 bridgehead atoms. The standard InChI is InChI=1S/C19H21N3O3S/c1-11-20-18-16(19(23)21-22(18)13-5-3-2-4-6-13)17(26-11)12-7-8-14-15(9-12)25-10-24-14/h7-9,13,17H,2-6,10H2,1H3,(H,21,23)/t17-/m1/s1. The third-order valence-corrected chi connectivity index (χ3v) is 6.56. The third kappa shape index (κ3) is 2.57.